The van der Waals surface area contributed by atoms with Gasteiger partial charge in [-0.2, -0.15) is 0 Å². The fraction of sp³-hybridized carbons (Fsp3) is 0.467. The van der Waals surface area contributed by atoms with Crippen LogP contribution in [0.3, 0.4) is 0 Å². The number of hydrogen-bond acceptors (Lipinski definition) is 11. The number of aromatic amines is 2. The number of nitrogens with one attached hydrogen (secondary N) is 4. The largest absolute Gasteiger partial charge is 0.488 e. The van der Waals surface area contributed by atoms with Gasteiger partial charge in [0.1, 0.15) is 36.1 Å². The van der Waals surface area contributed by atoms with Gasteiger partial charge in [-0.05, 0) is 78.4 Å². The lowest BCUT2D eigenvalue weighted by Gasteiger charge is -2.30. The van der Waals surface area contributed by atoms with Crippen LogP contribution in [-0.4, -0.2) is 120 Å². The molecule has 2 saturated heterocycles. The molecule has 3 aliphatic rings. The van der Waals surface area contributed by atoms with Gasteiger partial charge in [0.25, 0.3) is 0 Å². The number of methoxy groups -OCH3 is 4. The molecule has 1 unspecified atom stereocenters. The number of H-pyrrole nitrogens is 2. The number of amides is 4. The van der Waals surface area contributed by atoms with E-state index in [1.165, 1.54) is 21.3 Å². The van der Waals surface area contributed by atoms with E-state index in [0.29, 0.717) is 44.4 Å². The van der Waals surface area contributed by atoms with E-state index in [2.05, 4.69) is 50.9 Å². The molecule has 0 saturated carbocycles. The van der Waals surface area contributed by atoms with Gasteiger partial charge in [-0.25, -0.2) is 19.6 Å². The highest BCUT2D eigenvalue weighted by Gasteiger charge is 2.43. The molecule has 0 bridgehead atoms. The van der Waals surface area contributed by atoms with E-state index in [1.807, 2.05) is 30.9 Å². The summed E-state index contributed by atoms with van der Waals surface area (Å²) in [6.07, 6.45) is 2.02. The number of imidazole rings is 2. The van der Waals surface area contributed by atoms with Crippen LogP contribution in [0.4, 0.5) is 9.59 Å². The highest BCUT2D eigenvalue weighted by molar-refractivity contribution is 6.07. The maximum Gasteiger partial charge on any atom is 0.407 e. The summed E-state index contributed by atoms with van der Waals surface area (Å²) >= 11 is 0. The van der Waals surface area contributed by atoms with Crippen LogP contribution in [0, 0.1) is 11.8 Å². The molecule has 0 aliphatic carbocycles. The average Bonchev–Trinajstić information content (AvgIpc) is 4.12. The number of alkyl carbamates (subject to hydrolysis) is 2. The highest BCUT2D eigenvalue weighted by atomic mass is 16.5. The van der Waals surface area contributed by atoms with Crippen LogP contribution in [0.15, 0.2) is 48.7 Å². The molecule has 17 nitrogen and oxygen atoms in total. The summed E-state index contributed by atoms with van der Waals surface area (Å²) in [4.78, 5) is 72.5. The van der Waals surface area contributed by atoms with Crippen molar-refractivity contribution in [3.8, 4) is 28.1 Å². The molecular weight excluding hydrogens is 797 g/mol. The van der Waals surface area contributed by atoms with Gasteiger partial charge in [0.2, 0.25) is 11.8 Å². The summed E-state index contributed by atoms with van der Waals surface area (Å²) in [6.45, 7) is 7.35. The summed E-state index contributed by atoms with van der Waals surface area (Å²) < 4.78 is 27.0. The van der Waals surface area contributed by atoms with Crippen LogP contribution in [0.1, 0.15) is 69.3 Å². The Morgan fingerprint density at radius 2 is 1.63 bits per heavy atom. The second-order valence-electron chi connectivity index (χ2n) is 16.7. The van der Waals surface area contributed by atoms with Gasteiger partial charge >= 0.3 is 12.2 Å². The van der Waals surface area contributed by atoms with Crippen molar-refractivity contribution < 1.29 is 42.9 Å². The first-order chi connectivity index (χ1) is 29.9. The first-order valence-electron chi connectivity index (χ1n) is 21.0. The first kappa shape index (κ1) is 42.5. The van der Waals surface area contributed by atoms with E-state index in [4.69, 9.17) is 33.7 Å². The number of carbonyl (C=O) groups excluding carboxylic acids is 4. The molecule has 3 aromatic carbocycles. The molecule has 3 aliphatic heterocycles. The molecular formula is C45H54N8O9. The lowest BCUT2D eigenvalue weighted by Crippen LogP contribution is -2.54. The van der Waals surface area contributed by atoms with Gasteiger partial charge in [0.15, 0.2) is 0 Å². The molecule has 4 amide bonds. The fourth-order valence-corrected chi connectivity index (χ4v) is 9.14. The minimum Gasteiger partial charge on any atom is -0.488 e. The predicted octanol–water partition coefficient (Wildman–Crippen LogP) is 6.01. The van der Waals surface area contributed by atoms with Crippen molar-refractivity contribution in [3.05, 3.63) is 65.9 Å². The maximum atomic E-state index is 14.0. The quantitative estimate of drug-likeness (QED) is 0.115. The Labute approximate surface area is 359 Å². The van der Waals surface area contributed by atoms with E-state index in [9.17, 15) is 19.2 Å². The Balaban J connectivity index is 1.04. The Bertz CT molecular complexity index is 2500. The Morgan fingerprint density at radius 1 is 0.871 bits per heavy atom. The summed E-state index contributed by atoms with van der Waals surface area (Å²) in [5.41, 5.74) is 6.43. The van der Waals surface area contributed by atoms with Gasteiger partial charge in [0.05, 0.1) is 61.9 Å². The highest BCUT2D eigenvalue weighted by Crippen LogP contribution is 2.44. The van der Waals surface area contributed by atoms with Gasteiger partial charge in [0, 0.05) is 44.2 Å². The third-order valence-corrected chi connectivity index (χ3v) is 12.5. The first-order valence-corrected chi connectivity index (χ1v) is 21.0. The molecule has 2 fully saturated rings. The molecule has 17 heteroatoms. The van der Waals surface area contributed by atoms with E-state index < -0.39 is 30.4 Å². The second-order valence-corrected chi connectivity index (χ2v) is 16.7. The van der Waals surface area contributed by atoms with Crippen LogP contribution in [0.5, 0.6) is 5.75 Å². The van der Waals surface area contributed by atoms with Crippen molar-refractivity contribution in [1.82, 2.24) is 40.4 Å². The monoisotopic (exact) mass is 850 g/mol. The molecule has 6 atom stereocenters. The zero-order valence-electron chi connectivity index (χ0n) is 36.1. The number of rotatable bonds is 12. The standard InChI is InChI=1S/C45H54N8O9/c1-23(2)37(50-44(56)60-6)42(54)52-14-8-9-34(52)41-47-32-13-11-26-17-31-29-12-10-27(16-28(29)22-62-36(31)18-30(26)39(32)49-41)33-19-46-40(48-33)35-15-25(21-58-4)20-53(35)43(55)38(24(3)59-5)51-45(57)61-7/h10-13,16-19,23-25,34-35,37-38H,8-9,14-15,20-22H2,1-7H3,(H,46,48)(H,47,49)(H,50,56)(H,51,57)/t24-,25+,34+,35+,37?,38+/m1/s1. The number of benzene rings is 3. The van der Waals surface area contributed by atoms with Gasteiger partial charge in [-0.15, -0.1) is 0 Å². The van der Waals surface area contributed by atoms with Crippen molar-refractivity contribution >= 4 is 45.8 Å². The number of nitrogens with zero attached hydrogens (tertiary/aromatic N) is 4. The second kappa shape index (κ2) is 17.6. The third-order valence-electron chi connectivity index (χ3n) is 12.5. The van der Waals surface area contributed by atoms with Crippen LogP contribution < -0.4 is 15.4 Å². The molecule has 8 rings (SSSR count). The number of hydrogen-bond donors (Lipinski definition) is 4. The Kier molecular flexibility index (Phi) is 12.1. The number of fused-ring (bicyclic) bond motifs is 6. The molecule has 328 valence electrons. The number of ether oxygens (including phenoxy) is 5. The minimum absolute atomic E-state index is 0.0662. The predicted molar refractivity (Wildman–Crippen MR) is 229 cm³/mol. The number of carbonyl (C=O) groups is 4. The van der Waals surface area contributed by atoms with Crippen LogP contribution in [-0.2, 0) is 35.1 Å². The molecule has 4 N–H and O–H groups in total. The lowest BCUT2D eigenvalue weighted by atomic mass is 9.92. The minimum atomic E-state index is -0.962. The number of likely N-dealkylation sites (tertiary alicyclic amines) is 2. The molecule has 0 radical (unpaired) electrons. The zero-order valence-corrected chi connectivity index (χ0v) is 36.1. The maximum absolute atomic E-state index is 14.0. The Morgan fingerprint density at radius 3 is 2.35 bits per heavy atom. The van der Waals surface area contributed by atoms with Crippen LogP contribution in [0.2, 0.25) is 0 Å². The van der Waals surface area contributed by atoms with E-state index >= 15 is 0 Å². The molecule has 5 heterocycles. The average molecular weight is 851 g/mol. The molecule has 62 heavy (non-hydrogen) atoms. The zero-order chi connectivity index (χ0) is 43.8. The summed E-state index contributed by atoms with van der Waals surface area (Å²) in [7, 11) is 5.67. The van der Waals surface area contributed by atoms with E-state index in [1.54, 1.807) is 25.1 Å². The van der Waals surface area contributed by atoms with E-state index in [-0.39, 0.29) is 35.7 Å². The van der Waals surface area contributed by atoms with E-state index in [0.717, 1.165) is 68.3 Å². The lowest BCUT2D eigenvalue weighted by molar-refractivity contribution is -0.138. The SMILES string of the molecule is COC[C@H]1C[C@@H](c2ncc(-c3ccc4c(c3)COc3cc5c(ccc6[nH]c([C@@H]7CCCN7C(=O)C(NC(=O)OC)C(C)C)nc65)cc3-4)[nH]2)N(C(=O)[C@@H](NC(=O)OC)[C@@H](C)OC)C1. The smallest absolute Gasteiger partial charge is 0.407 e. The molecule has 5 aromatic rings. The topological polar surface area (TPSA) is 202 Å². The summed E-state index contributed by atoms with van der Waals surface area (Å²) in [5.74, 6) is 1.58. The van der Waals surface area contributed by atoms with Gasteiger partial charge in [-0.3, -0.25) is 9.59 Å². The van der Waals surface area contributed by atoms with Crippen molar-refractivity contribution in [3.63, 3.8) is 0 Å². The summed E-state index contributed by atoms with van der Waals surface area (Å²) in [6, 6.07) is 12.2. The number of aromatic nitrogens is 4. The molecule has 0 spiro atoms. The Hall–Kier alpha value is -6.20. The van der Waals surface area contributed by atoms with Crippen molar-refractivity contribution in [1.29, 1.82) is 0 Å². The third kappa shape index (κ3) is 8.01. The fourth-order valence-electron chi connectivity index (χ4n) is 9.14. The summed E-state index contributed by atoms with van der Waals surface area (Å²) in [5, 5.41) is 7.30. The van der Waals surface area contributed by atoms with Crippen molar-refractivity contribution in [2.24, 2.45) is 11.8 Å². The van der Waals surface area contributed by atoms with Crippen molar-refractivity contribution in [2.75, 3.05) is 48.1 Å². The van der Waals surface area contributed by atoms with Crippen LogP contribution in [0.25, 0.3) is 44.2 Å². The van der Waals surface area contributed by atoms with Crippen molar-refractivity contribution in [2.45, 2.75) is 76.9 Å². The van der Waals surface area contributed by atoms with Gasteiger partial charge in [-0.1, -0.05) is 32.0 Å². The molecule has 2 aromatic heterocycles. The normalized spacial score (nSPS) is 19.8. The van der Waals surface area contributed by atoms with Crippen LogP contribution >= 0.6 is 0 Å². The van der Waals surface area contributed by atoms with Gasteiger partial charge < -0.3 is 54.1 Å².